The lowest BCUT2D eigenvalue weighted by molar-refractivity contribution is -0.119. The number of nitrogens with zero attached hydrogens (tertiary/aromatic N) is 4. The highest BCUT2D eigenvalue weighted by Crippen LogP contribution is 2.22. The van der Waals surface area contributed by atoms with Crippen molar-refractivity contribution >= 4 is 17.7 Å². The van der Waals surface area contributed by atoms with Gasteiger partial charge in [-0.1, -0.05) is 50.1 Å². The first-order valence-electron chi connectivity index (χ1n) is 8.80. The number of nitrogens with one attached hydrogen (secondary N) is 1. The fourth-order valence-electron chi connectivity index (χ4n) is 2.60. The molecule has 1 atom stereocenters. The standard InChI is InChI=1S/C18H27N5OS/c1-5-6-7-10-14(3)19-17(24)12-25-18-20-21-22-23(18)16-11-8-9-13(2)15(16)4/h8-9,11,14H,5-7,10,12H2,1-4H3,(H,19,24)/t14-/m1/s1. The smallest absolute Gasteiger partial charge is 0.230 e. The van der Waals surface area contributed by atoms with Crippen LogP contribution in [0, 0.1) is 13.8 Å². The molecule has 0 aliphatic rings. The molecule has 0 saturated heterocycles. The molecule has 0 aliphatic carbocycles. The summed E-state index contributed by atoms with van der Waals surface area (Å²) >= 11 is 1.36. The molecule has 0 bridgehead atoms. The monoisotopic (exact) mass is 361 g/mol. The Morgan fingerprint density at radius 3 is 2.88 bits per heavy atom. The van der Waals surface area contributed by atoms with Gasteiger partial charge in [-0.2, -0.15) is 4.68 Å². The Morgan fingerprint density at radius 1 is 1.32 bits per heavy atom. The van der Waals surface area contributed by atoms with Crippen molar-refractivity contribution in [1.82, 2.24) is 25.5 Å². The molecular formula is C18H27N5OS. The third-order valence-electron chi connectivity index (χ3n) is 4.23. The predicted octanol–water partition coefficient (Wildman–Crippen LogP) is 3.46. The van der Waals surface area contributed by atoms with Crippen LogP contribution >= 0.6 is 11.8 Å². The topological polar surface area (TPSA) is 72.7 Å². The number of thioether (sulfide) groups is 1. The molecule has 2 rings (SSSR count). The highest BCUT2D eigenvalue weighted by atomic mass is 32.2. The summed E-state index contributed by atoms with van der Waals surface area (Å²) in [6.07, 6.45) is 4.57. The largest absolute Gasteiger partial charge is 0.353 e. The first-order valence-corrected chi connectivity index (χ1v) is 9.78. The van der Waals surface area contributed by atoms with Crippen LogP contribution in [0.3, 0.4) is 0 Å². The van der Waals surface area contributed by atoms with Gasteiger partial charge in [-0.15, -0.1) is 5.10 Å². The zero-order valence-electron chi connectivity index (χ0n) is 15.5. The van der Waals surface area contributed by atoms with Gasteiger partial charge in [0.15, 0.2) is 0 Å². The SMILES string of the molecule is CCCCC[C@@H](C)NC(=O)CSc1nnnn1-c1cccc(C)c1C. The molecule has 7 heteroatoms. The predicted molar refractivity (Wildman–Crippen MR) is 101 cm³/mol. The molecule has 0 fully saturated rings. The molecule has 0 aliphatic heterocycles. The third kappa shape index (κ3) is 5.56. The molecule has 1 heterocycles. The summed E-state index contributed by atoms with van der Waals surface area (Å²) in [7, 11) is 0. The average Bonchev–Trinajstić information content (AvgIpc) is 3.04. The van der Waals surface area contributed by atoms with Crippen LogP contribution in [-0.2, 0) is 4.79 Å². The number of hydrogen-bond acceptors (Lipinski definition) is 5. The molecule has 1 aromatic heterocycles. The van der Waals surface area contributed by atoms with E-state index in [9.17, 15) is 4.79 Å². The van der Waals surface area contributed by atoms with Crippen LogP contribution in [0.25, 0.3) is 5.69 Å². The molecule has 0 spiro atoms. The van der Waals surface area contributed by atoms with E-state index in [4.69, 9.17) is 0 Å². The minimum absolute atomic E-state index is 0.0181. The molecule has 0 radical (unpaired) electrons. The van der Waals surface area contributed by atoms with Gasteiger partial charge in [0.2, 0.25) is 11.1 Å². The van der Waals surface area contributed by atoms with Gasteiger partial charge in [-0.25, -0.2) is 0 Å². The molecule has 1 aromatic carbocycles. The van der Waals surface area contributed by atoms with E-state index in [2.05, 4.69) is 47.7 Å². The van der Waals surface area contributed by atoms with Crippen molar-refractivity contribution in [3.05, 3.63) is 29.3 Å². The van der Waals surface area contributed by atoms with E-state index in [0.29, 0.717) is 10.9 Å². The van der Waals surface area contributed by atoms with Gasteiger partial charge < -0.3 is 5.32 Å². The minimum atomic E-state index is 0.0181. The van der Waals surface area contributed by atoms with Gasteiger partial charge in [-0.05, 0) is 54.8 Å². The number of rotatable bonds is 9. The average molecular weight is 362 g/mol. The summed E-state index contributed by atoms with van der Waals surface area (Å²) in [4.78, 5) is 12.1. The van der Waals surface area contributed by atoms with E-state index in [0.717, 1.165) is 24.1 Å². The van der Waals surface area contributed by atoms with Crippen molar-refractivity contribution in [1.29, 1.82) is 0 Å². The van der Waals surface area contributed by atoms with E-state index in [1.807, 2.05) is 19.1 Å². The normalized spacial score (nSPS) is 12.2. The highest BCUT2D eigenvalue weighted by molar-refractivity contribution is 7.99. The summed E-state index contributed by atoms with van der Waals surface area (Å²) in [5.74, 6) is 0.327. The molecular weight excluding hydrogens is 334 g/mol. The number of carbonyl (C=O) groups excluding carboxylic acids is 1. The zero-order chi connectivity index (χ0) is 18.2. The maximum Gasteiger partial charge on any atom is 0.230 e. The number of unbranched alkanes of at least 4 members (excludes halogenated alkanes) is 2. The number of aromatic nitrogens is 4. The quantitative estimate of drug-likeness (QED) is 0.547. The number of benzene rings is 1. The Labute approximate surface area is 153 Å². The van der Waals surface area contributed by atoms with Crippen LogP contribution in [0.15, 0.2) is 23.4 Å². The van der Waals surface area contributed by atoms with E-state index < -0.39 is 0 Å². The minimum Gasteiger partial charge on any atom is -0.353 e. The summed E-state index contributed by atoms with van der Waals surface area (Å²) in [5, 5.41) is 15.6. The Morgan fingerprint density at radius 2 is 2.12 bits per heavy atom. The van der Waals surface area contributed by atoms with Crippen LogP contribution < -0.4 is 5.32 Å². The fourth-order valence-corrected chi connectivity index (χ4v) is 3.30. The zero-order valence-corrected chi connectivity index (χ0v) is 16.3. The number of hydrogen-bond donors (Lipinski definition) is 1. The number of amides is 1. The van der Waals surface area contributed by atoms with E-state index >= 15 is 0 Å². The molecule has 2 aromatic rings. The van der Waals surface area contributed by atoms with E-state index in [1.165, 1.54) is 30.2 Å². The molecule has 0 saturated carbocycles. The van der Waals surface area contributed by atoms with Crippen molar-refractivity contribution in [2.75, 3.05) is 5.75 Å². The lowest BCUT2D eigenvalue weighted by atomic mass is 10.1. The van der Waals surface area contributed by atoms with E-state index in [-0.39, 0.29) is 11.9 Å². The Balaban J connectivity index is 1.93. The maximum absolute atomic E-state index is 12.1. The molecule has 0 unspecified atom stereocenters. The Bertz CT molecular complexity index is 701. The maximum atomic E-state index is 12.1. The van der Waals surface area contributed by atoms with Crippen molar-refractivity contribution in [2.24, 2.45) is 0 Å². The Hall–Kier alpha value is -1.89. The van der Waals surface area contributed by atoms with Gasteiger partial charge in [0, 0.05) is 6.04 Å². The second-order valence-corrected chi connectivity index (χ2v) is 7.29. The second-order valence-electron chi connectivity index (χ2n) is 6.35. The summed E-state index contributed by atoms with van der Waals surface area (Å²) in [6, 6.07) is 6.23. The van der Waals surface area contributed by atoms with Crippen LogP contribution in [0.4, 0.5) is 0 Å². The lowest BCUT2D eigenvalue weighted by Gasteiger charge is -2.13. The number of carbonyl (C=O) groups is 1. The lowest BCUT2D eigenvalue weighted by Crippen LogP contribution is -2.33. The van der Waals surface area contributed by atoms with Crippen LogP contribution in [0.1, 0.15) is 50.7 Å². The second kappa shape index (κ2) is 9.56. The summed E-state index contributed by atoms with van der Waals surface area (Å²) in [6.45, 7) is 8.34. The molecule has 1 N–H and O–H groups in total. The van der Waals surface area contributed by atoms with Crippen LogP contribution in [0.5, 0.6) is 0 Å². The van der Waals surface area contributed by atoms with Crippen molar-refractivity contribution in [3.8, 4) is 5.69 Å². The number of tetrazole rings is 1. The first kappa shape index (κ1) is 19.4. The van der Waals surface area contributed by atoms with Crippen LogP contribution in [0.2, 0.25) is 0 Å². The molecule has 6 nitrogen and oxygen atoms in total. The highest BCUT2D eigenvalue weighted by Gasteiger charge is 2.14. The van der Waals surface area contributed by atoms with Crippen LogP contribution in [-0.4, -0.2) is 37.9 Å². The summed E-state index contributed by atoms with van der Waals surface area (Å²) in [5.41, 5.74) is 3.26. The molecule has 1 amide bonds. The van der Waals surface area contributed by atoms with Gasteiger partial charge in [0.1, 0.15) is 0 Å². The molecule has 136 valence electrons. The Kier molecular flexibility index (Phi) is 7.43. The van der Waals surface area contributed by atoms with Crippen molar-refractivity contribution in [3.63, 3.8) is 0 Å². The van der Waals surface area contributed by atoms with Gasteiger partial charge in [0.25, 0.3) is 0 Å². The van der Waals surface area contributed by atoms with Gasteiger partial charge in [0.05, 0.1) is 11.4 Å². The van der Waals surface area contributed by atoms with Gasteiger partial charge >= 0.3 is 0 Å². The fraction of sp³-hybridized carbons (Fsp3) is 0.556. The van der Waals surface area contributed by atoms with Gasteiger partial charge in [-0.3, -0.25) is 4.79 Å². The van der Waals surface area contributed by atoms with Crippen molar-refractivity contribution < 1.29 is 4.79 Å². The third-order valence-corrected chi connectivity index (χ3v) is 5.14. The van der Waals surface area contributed by atoms with E-state index in [1.54, 1.807) is 4.68 Å². The van der Waals surface area contributed by atoms with Crippen molar-refractivity contribution in [2.45, 2.75) is 64.6 Å². The first-order chi connectivity index (χ1) is 12.0. The number of aryl methyl sites for hydroxylation is 1. The molecule has 25 heavy (non-hydrogen) atoms. The summed E-state index contributed by atoms with van der Waals surface area (Å²) < 4.78 is 1.70.